The number of anilines is 1. The molecule has 0 saturated carbocycles. The van der Waals surface area contributed by atoms with Crippen molar-refractivity contribution in [2.45, 2.75) is 37.8 Å². The summed E-state index contributed by atoms with van der Waals surface area (Å²) in [5.74, 6) is -1.59. The number of fused-ring (bicyclic) bond motifs is 3. The third kappa shape index (κ3) is 3.59. The van der Waals surface area contributed by atoms with Crippen molar-refractivity contribution in [2.75, 3.05) is 5.32 Å². The topological polar surface area (TPSA) is 103 Å². The summed E-state index contributed by atoms with van der Waals surface area (Å²) >= 11 is 6.02. The minimum Gasteiger partial charge on any atom is -0.324 e. The molecule has 0 fully saturated rings. The Balaban J connectivity index is 1.49. The maximum Gasteiger partial charge on any atom is 0.420 e. The van der Waals surface area contributed by atoms with Crippen molar-refractivity contribution in [2.24, 2.45) is 0 Å². The van der Waals surface area contributed by atoms with E-state index < -0.39 is 34.8 Å². The van der Waals surface area contributed by atoms with Gasteiger partial charge >= 0.3 is 6.18 Å². The SMILES string of the molecule is CC1(C)C[C@@H](C(=O)Nc2cnc(-n3nccn3)c(C(F)(F)F)c2)c2cnn3cc(Cl)nc3c21. The van der Waals surface area contributed by atoms with E-state index in [0.29, 0.717) is 17.6 Å². The maximum atomic E-state index is 13.7. The van der Waals surface area contributed by atoms with Crippen LogP contribution >= 0.6 is 11.6 Å². The molecule has 0 spiro atoms. The molecule has 0 unspecified atom stereocenters. The van der Waals surface area contributed by atoms with Crippen LogP contribution in [0.2, 0.25) is 5.15 Å². The number of hydrogen-bond acceptors (Lipinski definition) is 6. The van der Waals surface area contributed by atoms with Gasteiger partial charge in [0.05, 0.1) is 42.6 Å². The molecule has 4 aromatic heterocycles. The number of pyridine rings is 1. The summed E-state index contributed by atoms with van der Waals surface area (Å²) in [6.45, 7) is 3.94. The predicted molar refractivity (Wildman–Crippen MR) is 111 cm³/mol. The minimum atomic E-state index is -4.73. The number of nitrogens with one attached hydrogen (secondary N) is 1. The Hall–Kier alpha value is -3.54. The summed E-state index contributed by atoms with van der Waals surface area (Å²) in [6.07, 6.45) is 2.47. The number of alkyl halides is 3. The first-order valence-corrected chi connectivity index (χ1v) is 10.2. The molecule has 5 rings (SSSR count). The summed E-state index contributed by atoms with van der Waals surface area (Å²) in [6, 6.07) is 0.820. The molecule has 1 aliphatic carbocycles. The van der Waals surface area contributed by atoms with Crippen molar-refractivity contribution in [1.82, 2.24) is 34.6 Å². The molecule has 4 heterocycles. The highest BCUT2D eigenvalue weighted by atomic mass is 35.5. The van der Waals surface area contributed by atoms with Crippen LogP contribution in [0.4, 0.5) is 18.9 Å². The van der Waals surface area contributed by atoms with Crippen molar-refractivity contribution >= 4 is 28.8 Å². The smallest absolute Gasteiger partial charge is 0.324 e. The fourth-order valence-corrected chi connectivity index (χ4v) is 4.45. The lowest BCUT2D eigenvalue weighted by atomic mass is 9.86. The second-order valence-electron chi connectivity index (χ2n) is 8.35. The van der Waals surface area contributed by atoms with Gasteiger partial charge in [-0.05, 0) is 23.5 Å². The summed E-state index contributed by atoms with van der Waals surface area (Å²) in [7, 11) is 0. The van der Waals surface area contributed by atoms with E-state index in [1.807, 2.05) is 13.8 Å². The first-order chi connectivity index (χ1) is 15.5. The molecule has 0 saturated heterocycles. The van der Waals surface area contributed by atoms with Crippen LogP contribution in [-0.4, -0.2) is 40.5 Å². The number of hydrogen-bond donors (Lipinski definition) is 1. The molecule has 0 radical (unpaired) electrons. The van der Waals surface area contributed by atoms with E-state index in [-0.39, 0.29) is 10.8 Å². The average Bonchev–Trinajstić information content (AvgIpc) is 3.44. The zero-order chi connectivity index (χ0) is 23.5. The lowest BCUT2D eigenvalue weighted by molar-refractivity contribution is -0.137. The number of amides is 1. The lowest BCUT2D eigenvalue weighted by Gasteiger charge is -2.19. The molecular weight excluding hydrogens is 461 g/mol. The Labute approximate surface area is 189 Å². The Kier molecular flexibility index (Phi) is 4.67. The van der Waals surface area contributed by atoms with Crippen LogP contribution in [0.5, 0.6) is 0 Å². The van der Waals surface area contributed by atoms with Crippen LogP contribution in [0.15, 0.2) is 37.1 Å². The Morgan fingerprint density at radius 3 is 2.64 bits per heavy atom. The quantitative estimate of drug-likeness (QED) is 0.482. The number of nitrogens with zero attached hydrogens (tertiary/aromatic N) is 7. The zero-order valence-electron chi connectivity index (χ0n) is 17.3. The van der Waals surface area contributed by atoms with Crippen LogP contribution in [0.25, 0.3) is 11.5 Å². The van der Waals surface area contributed by atoms with Crippen LogP contribution in [0.3, 0.4) is 0 Å². The first kappa shape index (κ1) is 21.3. The summed E-state index contributed by atoms with van der Waals surface area (Å²) in [4.78, 5) is 22.1. The predicted octanol–water partition coefficient (Wildman–Crippen LogP) is 3.78. The number of rotatable bonds is 3. The monoisotopic (exact) mass is 476 g/mol. The maximum absolute atomic E-state index is 13.7. The first-order valence-electron chi connectivity index (χ1n) is 9.83. The van der Waals surface area contributed by atoms with Crippen molar-refractivity contribution in [1.29, 1.82) is 0 Å². The summed E-state index contributed by atoms with van der Waals surface area (Å²) < 4.78 is 42.5. The standard InChI is InChI=1S/C20H16ClF3N8O/c1-19(2)6-11(12-8-28-31-9-14(21)30-17(31)15(12)19)18(33)29-10-5-13(20(22,23)24)16(25-7-10)32-26-3-4-27-32/h3-5,7-9,11H,6H2,1-2H3,(H,29,33)/t11-/m1/s1. The van der Waals surface area contributed by atoms with Crippen LogP contribution in [-0.2, 0) is 16.4 Å². The van der Waals surface area contributed by atoms with E-state index in [1.54, 1.807) is 16.9 Å². The third-order valence-corrected chi connectivity index (χ3v) is 5.81. The van der Waals surface area contributed by atoms with Crippen LogP contribution in [0, 0.1) is 0 Å². The van der Waals surface area contributed by atoms with E-state index in [4.69, 9.17) is 11.6 Å². The fourth-order valence-electron chi connectivity index (χ4n) is 4.28. The van der Waals surface area contributed by atoms with Gasteiger partial charge in [-0.3, -0.25) is 4.79 Å². The van der Waals surface area contributed by atoms with Gasteiger partial charge in [-0.15, -0.1) is 4.80 Å². The molecule has 4 aromatic rings. The van der Waals surface area contributed by atoms with Gasteiger partial charge in [0.1, 0.15) is 10.7 Å². The van der Waals surface area contributed by atoms with Gasteiger partial charge in [-0.25, -0.2) is 14.5 Å². The molecule has 13 heteroatoms. The Morgan fingerprint density at radius 1 is 1.21 bits per heavy atom. The molecule has 0 aliphatic heterocycles. The third-order valence-electron chi connectivity index (χ3n) is 5.62. The Bertz CT molecular complexity index is 1380. The van der Waals surface area contributed by atoms with E-state index in [1.165, 1.54) is 12.4 Å². The molecule has 170 valence electrons. The van der Waals surface area contributed by atoms with Crippen LogP contribution in [0.1, 0.15) is 42.9 Å². The van der Waals surface area contributed by atoms with Crippen molar-refractivity contribution in [3.05, 3.63) is 58.9 Å². The summed E-state index contributed by atoms with van der Waals surface area (Å²) in [5, 5.41) is 14.5. The molecule has 33 heavy (non-hydrogen) atoms. The molecule has 9 nitrogen and oxygen atoms in total. The number of halogens is 4. The Morgan fingerprint density at radius 2 is 1.94 bits per heavy atom. The van der Waals surface area contributed by atoms with Gasteiger partial charge in [-0.2, -0.15) is 28.5 Å². The second kappa shape index (κ2) is 7.24. The lowest BCUT2D eigenvalue weighted by Crippen LogP contribution is -2.22. The fraction of sp³-hybridized carbons (Fsp3) is 0.300. The number of carbonyl (C=O) groups is 1. The highest BCUT2D eigenvalue weighted by molar-refractivity contribution is 6.29. The molecule has 1 N–H and O–H groups in total. The zero-order valence-corrected chi connectivity index (χ0v) is 18.1. The van der Waals surface area contributed by atoms with E-state index in [0.717, 1.165) is 22.6 Å². The molecule has 1 amide bonds. The van der Waals surface area contributed by atoms with Crippen molar-refractivity contribution in [3.8, 4) is 5.82 Å². The highest BCUT2D eigenvalue weighted by Crippen LogP contribution is 2.47. The van der Waals surface area contributed by atoms with Gasteiger partial charge in [0.15, 0.2) is 11.5 Å². The van der Waals surface area contributed by atoms with E-state index >= 15 is 0 Å². The van der Waals surface area contributed by atoms with Gasteiger partial charge in [0.2, 0.25) is 5.91 Å². The van der Waals surface area contributed by atoms with E-state index in [9.17, 15) is 18.0 Å². The second-order valence-corrected chi connectivity index (χ2v) is 8.74. The van der Waals surface area contributed by atoms with Gasteiger partial charge in [-0.1, -0.05) is 25.4 Å². The largest absolute Gasteiger partial charge is 0.420 e. The minimum absolute atomic E-state index is 0.0904. The van der Waals surface area contributed by atoms with Crippen molar-refractivity contribution in [3.63, 3.8) is 0 Å². The van der Waals surface area contributed by atoms with Gasteiger partial charge in [0, 0.05) is 5.56 Å². The average molecular weight is 477 g/mol. The molecule has 1 aliphatic rings. The molecular formula is C20H16ClF3N8O. The normalized spacial score (nSPS) is 17.3. The number of imidazole rings is 1. The summed E-state index contributed by atoms with van der Waals surface area (Å²) in [5.41, 5.74) is 0.454. The van der Waals surface area contributed by atoms with Gasteiger partial charge in [0.25, 0.3) is 0 Å². The van der Waals surface area contributed by atoms with Crippen molar-refractivity contribution < 1.29 is 18.0 Å². The van der Waals surface area contributed by atoms with Crippen LogP contribution < -0.4 is 5.32 Å². The molecule has 0 aromatic carbocycles. The molecule has 1 atom stereocenters. The van der Waals surface area contributed by atoms with Gasteiger partial charge < -0.3 is 5.32 Å². The molecule has 0 bridgehead atoms. The van der Waals surface area contributed by atoms with E-state index in [2.05, 4.69) is 30.6 Å². The number of carbonyl (C=O) groups excluding carboxylic acids is 1. The highest BCUT2D eigenvalue weighted by Gasteiger charge is 2.43. The number of aromatic nitrogens is 7.